The van der Waals surface area contributed by atoms with Crippen LogP contribution >= 0.6 is 0 Å². The van der Waals surface area contributed by atoms with Gasteiger partial charge in [0.1, 0.15) is 0 Å². The molecule has 1 fully saturated rings. The first kappa shape index (κ1) is 12.8. The van der Waals surface area contributed by atoms with Gasteiger partial charge in [0.2, 0.25) is 0 Å². The molecule has 0 nitrogen and oxygen atoms in total. The summed E-state index contributed by atoms with van der Waals surface area (Å²) in [6, 6.07) is 0. The molecule has 1 unspecified atom stereocenters. The zero-order valence-electron chi connectivity index (χ0n) is 8.41. The molecule has 1 aliphatic rings. The summed E-state index contributed by atoms with van der Waals surface area (Å²) in [5, 5.41) is 0. The summed E-state index contributed by atoms with van der Waals surface area (Å²) in [5.74, 6) is 0.585. The summed E-state index contributed by atoms with van der Waals surface area (Å²) in [6.45, 7) is 11.1. The van der Waals surface area contributed by atoms with Crippen LogP contribution in [0.5, 0.6) is 0 Å². The van der Waals surface area contributed by atoms with Crippen molar-refractivity contribution in [3.8, 4) is 0 Å². The van der Waals surface area contributed by atoms with E-state index in [4.69, 9.17) is 0 Å². The predicted octanol–water partition coefficient (Wildman–Crippen LogP) is 3.23. The van der Waals surface area contributed by atoms with E-state index in [1.54, 1.807) is 0 Å². The fourth-order valence-corrected chi connectivity index (χ4v) is 2.86. The molecule has 1 rings (SSSR count). The van der Waals surface area contributed by atoms with Gasteiger partial charge in [0.25, 0.3) is 0 Å². The van der Waals surface area contributed by atoms with E-state index in [2.05, 4.69) is 32.3 Å². The molecule has 0 saturated heterocycles. The van der Waals surface area contributed by atoms with Crippen molar-refractivity contribution in [2.75, 3.05) is 0 Å². The molecular formula is C10H18SiZr. The van der Waals surface area contributed by atoms with Gasteiger partial charge in [-0.1, -0.05) is 38.9 Å². The van der Waals surface area contributed by atoms with Crippen molar-refractivity contribution < 1.29 is 26.2 Å². The molecule has 0 spiro atoms. The van der Waals surface area contributed by atoms with Gasteiger partial charge in [-0.25, -0.2) is 0 Å². The fraction of sp³-hybridized carbons (Fsp3) is 0.700. The Morgan fingerprint density at radius 1 is 1.42 bits per heavy atom. The van der Waals surface area contributed by atoms with E-state index in [1.807, 2.05) is 0 Å². The van der Waals surface area contributed by atoms with E-state index in [9.17, 15) is 0 Å². The fourth-order valence-electron chi connectivity index (χ4n) is 1.56. The molecule has 66 valence electrons. The second-order valence-corrected chi connectivity index (χ2v) is 9.24. The van der Waals surface area contributed by atoms with Gasteiger partial charge in [-0.05, 0) is 0 Å². The largest absolute Gasteiger partial charge is 2.00 e. The third-order valence-corrected chi connectivity index (χ3v) is 3.10. The molecule has 2 heteroatoms. The Bertz CT molecular complexity index is 167. The third kappa shape index (κ3) is 4.18. The summed E-state index contributed by atoms with van der Waals surface area (Å²) < 4.78 is 0. The maximum Gasteiger partial charge on any atom is 2.00 e. The molecule has 12 heavy (non-hydrogen) atoms. The second kappa shape index (κ2) is 4.91. The van der Waals surface area contributed by atoms with Crippen LogP contribution in [0, 0.1) is 18.5 Å². The van der Waals surface area contributed by atoms with Gasteiger partial charge in [-0.3, -0.25) is 5.57 Å². The minimum Gasteiger partial charge on any atom is -0.500 e. The quantitative estimate of drug-likeness (QED) is 0.500. The van der Waals surface area contributed by atoms with Gasteiger partial charge < -0.3 is 12.6 Å². The molecule has 0 bridgehead atoms. The number of rotatable bonds is 1. The SMILES string of the molecule is [CH2-]C1CCCC1=[C-][Si](C)(C)C.[Zr+2]. The van der Waals surface area contributed by atoms with Gasteiger partial charge in [-0.15, -0.1) is 8.07 Å². The molecule has 1 atom stereocenters. The van der Waals surface area contributed by atoms with Crippen LogP contribution in [0.1, 0.15) is 19.3 Å². The van der Waals surface area contributed by atoms with Gasteiger partial charge in [-0.2, -0.15) is 5.92 Å². The van der Waals surface area contributed by atoms with Crippen molar-refractivity contribution in [1.29, 1.82) is 0 Å². The number of allylic oxidation sites excluding steroid dienone is 1. The molecule has 0 aromatic carbocycles. The summed E-state index contributed by atoms with van der Waals surface area (Å²) >= 11 is 0. The van der Waals surface area contributed by atoms with Crippen LogP contribution in [0.2, 0.25) is 19.6 Å². The van der Waals surface area contributed by atoms with Crippen LogP contribution in [0.4, 0.5) is 0 Å². The molecule has 0 heterocycles. The van der Waals surface area contributed by atoms with Crippen LogP contribution in [-0.2, 0) is 26.2 Å². The topological polar surface area (TPSA) is 0 Å². The van der Waals surface area contributed by atoms with Gasteiger partial charge in [0.05, 0.1) is 0 Å². The van der Waals surface area contributed by atoms with E-state index < -0.39 is 8.07 Å². The van der Waals surface area contributed by atoms with Crippen LogP contribution in [0.3, 0.4) is 0 Å². The molecule has 0 aromatic heterocycles. The van der Waals surface area contributed by atoms with Crippen LogP contribution in [0.15, 0.2) is 5.57 Å². The first-order chi connectivity index (χ1) is 4.99. The number of hydrogen-bond donors (Lipinski definition) is 0. The van der Waals surface area contributed by atoms with Gasteiger partial charge >= 0.3 is 26.2 Å². The zero-order chi connectivity index (χ0) is 8.48. The first-order valence-corrected chi connectivity index (χ1v) is 7.96. The van der Waals surface area contributed by atoms with E-state index >= 15 is 0 Å². The van der Waals surface area contributed by atoms with E-state index in [0.29, 0.717) is 5.92 Å². The molecule has 0 N–H and O–H groups in total. The van der Waals surface area contributed by atoms with Crippen molar-refractivity contribution in [3.63, 3.8) is 0 Å². The molecule has 0 amide bonds. The van der Waals surface area contributed by atoms with E-state index in [1.165, 1.54) is 24.8 Å². The first-order valence-electron chi connectivity index (χ1n) is 4.46. The van der Waals surface area contributed by atoms with E-state index in [-0.39, 0.29) is 26.2 Å². The Hall–Kier alpha value is 0.840. The Labute approximate surface area is 97.0 Å². The Kier molecular flexibility index (Phi) is 5.25. The zero-order valence-corrected chi connectivity index (χ0v) is 11.9. The van der Waals surface area contributed by atoms with Crippen molar-refractivity contribution in [2.45, 2.75) is 38.9 Å². The Balaban J connectivity index is 0.00000121. The smallest absolute Gasteiger partial charge is 0.500 e. The molecule has 0 aromatic rings. The summed E-state index contributed by atoms with van der Waals surface area (Å²) in [5.41, 5.74) is 5.18. The second-order valence-electron chi connectivity index (χ2n) is 4.49. The Morgan fingerprint density at radius 2 is 2.00 bits per heavy atom. The minimum atomic E-state index is -1.09. The minimum absolute atomic E-state index is 0. The van der Waals surface area contributed by atoms with E-state index in [0.717, 1.165) is 0 Å². The monoisotopic (exact) mass is 256 g/mol. The standard InChI is InChI=1S/C10H18Si.Zr/c1-9-6-5-7-10(9)8-11(2,3)4;/h9H,1,5-7H2,2-4H3;/q-2;+2. The normalized spacial score (nSPS) is 27.3. The summed E-state index contributed by atoms with van der Waals surface area (Å²) in [4.78, 5) is 0. The van der Waals surface area contributed by atoms with Crippen molar-refractivity contribution in [3.05, 3.63) is 18.2 Å². The summed E-state index contributed by atoms with van der Waals surface area (Å²) in [6.07, 6.45) is 3.88. The van der Waals surface area contributed by atoms with Gasteiger partial charge in [0.15, 0.2) is 0 Å². The predicted molar refractivity (Wildman–Crippen MR) is 52.8 cm³/mol. The maximum absolute atomic E-state index is 4.13. The molecule has 1 aliphatic carbocycles. The molecular weight excluding hydrogens is 239 g/mol. The van der Waals surface area contributed by atoms with Crippen molar-refractivity contribution >= 4 is 8.07 Å². The van der Waals surface area contributed by atoms with Gasteiger partial charge in [0, 0.05) is 0 Å². The number of hydrogen-bond acceptors (Lipinski definition) is 0. The van der Waals surface area contributed by atoms with Crippen molar-refractivity contribution in [2.24, 2.45) is 5.92 Å². The molecule has 0 aliphatic heterocycles. The van der Waals surface area contributed by atoms with Crippen molar-refractivity contribution in [1.82, 2.24) is 0 Å². The maximum atomic E-state index is 4.13. The Morgan fingerprint density at radius 3 is 2.33 bits per heavy atom. The average Bonchev–Trinajstić information content (AvgIpc) is 2.12. The average molecular weight is 258 g/mol. The molecule has 1 saturated carbocycles. The summed E-state index contributed by atoms with van der Waals surface area (Å²) in [7, 11) is -1.09. The van der Waals surface area contributed by atoms with Crippen LogP contribution in [0.25, 0.3) is 0 Å². The third-order valence-electron chi connectivity index (χ3n) is 2.03. The molecule has 0 radical (unpaired) electrons. The van der Waals surface area contributed by atoms with Crippen LogP contribution in [-0.4, -0.2) is 8.07 Å². The van der Waals surface area contributed by atoms with Crippen LogP contribution < -0.4 is 0 Å².